The lowest BCUT2D eigenvalue weighted by Gasteiger charge is -2.20. The first-order valence-electron chi connectivity index (χ1n) is 5.40. The van der Waals surface area contributed by atoms with E-state index in [0.717, 1.165) is 19.3 Å². The molecule has 0 heterocycles. The van der Waals surface area contributed by atoms with E-state index in [1.165, 1.54) is 4.90 Å². The Balaban J connectivity index is 2.27. The highest BCUT2D eigenvalue weighted by atomic mass is 16.5. The molecule has 92 valence electrons. The van der Waals surface area contributed by atoms with Crippen LogP contribution in [0.4, 0.5) is 4.79 Å². The molecule has 0 bridgehead atoms. The molecule has 0 radical (unpaired) electrons. The van der Waals surface area contributed by atoms with Gasteiger partial charge in [0.15, 0.2) is 0 Å². The number of carboxylic acid groups (broad SMARTS) is 1. The van der Waals surface area contributed by atoms with Crippen molar-refractivity contribution < 1.29 is 19.4 Å². The van der Waals surface area contributed by atoms with Gasteiger partial charge in [0, 0.05) is 26.3 Å². The van der Waals surface area contributed by atoms with Gasteiger partial charge in [-0.15, -0.1) is 0 Å². The third-order valence-electron chi connectivity index (χ3n) is 2.36. The Morgan fingerprint density at radius 2 is 2.19 bits per heavy atom. The molecular formula is C10H18N2O4. The highest BCUT2D eigenvalue weighted by Crippen LogP contribution is 2.26. The summed E-state index contributed by atoms with van der Waals surface area (Å²) in [5, 5.41) is 11.4. The normalized spacial score (nSPS) is 14.6. The van der Waals surface area contributed by atoms with E-state index in [-0.39, 0.29) is 18.6 Å². The van der Waals surface area contributed by atoms with Gasteiger partial charge < -0.3 is 20.1 Å². The Hall–Kier alpha value is -1.30. The Labute approximate surface area is 94.6 Å². The average Bonchev–Trinajstić information content (AvgIpc) is 3.04. The smallest absolute Gasteiger partial charge is 0.323 e. The number of nitrogens with zero attached hydrogens (tertiary/aromatic N) is 1. The number of hydrogen-bond donors (Lipinski definition) is 2. The van der Waals surface area contributed by atoms with Gasteiger partial charge >= 0.3 is 12.0 Å². The summed E-state index contributed by atoms with van der Waals surface area (Å²) in [4.78, 5) is 23.6. The van der Waals surface area contributed by atoms with E-state index >= 15 is 0 Å². The van der Waals surface area contributed by atoms with Crippen LogP contribution in [-0.4, -0.2) is 54.9 Å². The lowest BCUT2D eigenvalue weighted by atomic mass is 10.4. The van der Waals surface area contributed by atoms with E-state index < -0.39 is 5.97 Å². The lowest BCUT2D eigenvalue weighted by Crippen LogP contribution is -2.44. The van der Waals surface area contributed by atoms with Crippen molar-refractivity contribution in [3.05, 3.63) is 0 Å². The van der Waals surface area contributed by atoms with Crippen molar-refractivity contribution in [3.63, 3.8) is 0 Å². The second kappa shape index (κ2) is 6.32. The third kappa shape index (κ3) is 4.48. The van der Waals surface area contributed by atoms with Crippen molar-refractivity contribution in [2.75, 3.05) is 26.8 Å². The van der Waals surface area contributed by atoms with Crippen LogP contribution in [0.2, 0.25) is 0 Å². The van der Waals surface area contributed by atoms with E-state index in [9.17, 15) is 9.59 Å². The monoisotopic (exact) mass is 230 g/mol. The molecule has 6 nitrogen and oxygen atoms in total. The molecule has 16 heavy (non-hydrogen) atoms. The van der Waals surface area contributed by atoms with Crippen LogP contribution in [0.25, 0.3) is 0 Å². The standard InChI is InChI=1S/C10H18N2O4/c1-16-6-2-5-11-10(15)12(7-9(13)14)8-3-4-8/h8H,2-7H2,1H3,(H,11,15)(H,13,14). The average molecular weight is 230 g/mol. The summed E-state index contributed by atoms with van der Waals surface area (Å²) < 4.78 is 4.85. The number of methoxy groups -OCH3 is 1. The van der Waals surface area contributed by atoms with Crippen LogP contribution >= 0.6 is 0 Å². The zero-order chi connectivity index (χ0) is 12.0. The molecule has 0 aromatic heterocycles. The van der Waals surface area contributed by atoms with Gasteiger partial charge in [-0.1, -0.05) is 0 Å². The van der Waals surface area contributed by atoms with Crippen molar-refractivity contribution in [1.82, 2.24) is 10.2 Å². The minimum Gasteiger partial charge on any atom is -0.480 e. The number of urea groups is 1. The van der Waals surface area contributed by atoms with Crippen LogP contribution in [0.1, 0.15) is 19.3 Å². The topological polar surface area (TPSA) is 78.9 Å². The van der Waals surface area contributed by atoms with Gasteiger partial charge in [-0.25, -0.2) is 4.79 Å². The van der Waals surface area contributed by atoms with E-state index in [1.807, 2.05) is 0 Å². The van der Waals surface area contributed by atoms with Gasteiger partial charge in [-0.3, -0.25) is 4.79 Å². The molecule has 6 heteroatoms. The van der Waals surface area contributed by atoms with Gasteiger partial charge in [0.1, 0.15) is 6.54 Å². The number of carbonyl (C=O) groups excluding carboxylic acids is 1. The zero-order valence-electron chi connectivity index (χ0n) is 9.44. The fourth-order valence-corrected chi connectivity index (χ4v) is 1.41. The Morgan fingerprint density at radius 3 is 2.69 bits per heavy atom. The third-order valence-corrected chi connectivity index (χ3v) is 2.36. The molecule has 0 unspecified atom stereocenters. The molecule has 1 saturated carbocycles. The highest BCUT2D eigenvalue weighted by Gasteiger charge is 2.33. The number of nitrogens with one attached hydrogen (secondary N) is 1. The fraction of sp³-hybridized carbons (Fsp3) is 0.800. The summed E-state index contributed by atoms with van der Waals surface area (Å²) >= 11 is 0. The van der Waals surface area contributed by atoms with Gasteiger partial charge in [0.2, 0.25) is 0 Å². The number of carbonyl (C=O) groups is 2. The van der Waals surface area contributed by atoms with Crippen LogP contribution in [0.15, 0.2) is 0 Å². The summed E-state index contributed by atoms with van der Waals surface area (Å²) in [5.41, 5.74) is 0. The molecule has 1 fully saturated rings. The molecular weight excluding hydrogens is 212 g/mol. The van der Waals surface area contributed by atoms with E-state index in [0.29, 0.717) is 13.2 Å². The molecule has 2 amide bonds. The van der Waals surface area contributed by atoms with Crippen molar-refractivity contribution in [3.8, 4) is 0 Å². The van der Waals surface area contributed by atoms with Gasteiger partial charge in [0.25, 0.3) is 0 Å². The molecule has 1 rings (SSSR count). The number of amides is 2. The largest absolute Gasteiger partial charge is 0.480 e. The number of aliphatic carboxylic acids is 1. The van der Waals surface area contributed by atoms with Gasteiger partial charge in [-0.2, -0.15) is 0 Å². The summed E-state index contributed by atoms with van der Waals surface area (Å²) in [5.74, 6) is -0.973. The second-order valence-corrected chi connectivity index (χ2v) is 3.83. The maximum atomic E-state index is 11.6. The summed E-state index contributed by atoms with van der Waals surface area (Å²) in [7, 11) is 1.60. The SMILES string of the molecule is COCCCNC(=O)N(CC(=O)O)C1CC1. The van der Waals surface area contributed by atoms with Crippen molar-refractivity contribution in [1.29, 1.82) is 0 Å². The Kier molecular flexibility index (Phi) is 5.04. The van der Waals surface area contributed by atoms with Crippen LogP contribution < -0.4 is 5.32 Å². The van der Waals surface area contributed by atoms with Crippen molar-refractivity contribution >= 4 is 12.0 Å². The van der Waals surface area contributed by atoms with E-state index in [2.05, 4.69) is 5.32 Å². The molecule has 0 saturated heterocycles. The maximum absolute atomic E-state index is 11.6. The molecule has 0 atom stereocenters. The van der Waals surface area contributed by atoms with Gasteiger partial charge in [0.05, 0.1) is 0 Å². The first-order chi connectivity index (χ1) is 7.65. The molecule has 2 N–H and O–H groups in total. The highest BCUT2D eigenvalue weighted by molar-refractivity contribution is 5.80. The maximum Gasteiger partial charge on any atom is 0.323 e. The van der Waals surface area contributed by atoms with Crippen molar-refractivity contribution in [2.24, 2.45) is 0 Å². The fourth-order valence-electron chi connectivity index (χ4n) is 1.41. The first-order valence-corrected chi connectivity index (χ1v) is 5.40. The molecule has 0 aromatic rings. The van der Waals surface area contributed by atoms with E-state index in [4.69, 9.17) is 9.84 Å². The van der Waals surface area contributed by atoms with Crippen LogP contribution in [0, 0.1) is 0 Å². The summed E-state index contributed by atoms with van der Waals surface area (Å²) in [6.07, 6.45) is 2.53. The zero-order valence-corrected chi connectivity index (χ0v) is 9.44. The molecule has 0 aromatic carbocycles. The second-order valence-electron chi connectivity index (χ2n) is 3.83. The molecule has 1 aliphatic rings. The predicted octanol–water partition coefficient (Wildman–Crippen LogP) is 0.281. The minimum absolute atomic E-state index is 0.110. The van der Waals surface area contributed by atoms with Crippen LogP contribution in [0.5, 0.6) is 0 Å². The number of ether oxygens (including phenoxy) is 1. The first kappa shape index (κ1) is 12.8. The molecule has 0 aliphatic heterocycles. The van der Waals surface area contributed by atoms with Gasteiger partial charge in [-0.05, 0) is 19.3 Å². The number of hydrogen-bond acceptors (Lipinski definition) is 3. The van der Waals surface area contributed by atoms with Crippen LogP contribution in [-0.2, 0) is 9.53 Å². The quantitative estimate of drug-likeness (QED) is 0.616. The van der Waals surface area contributed by atoms with E-state index in [1.54, 1.807) is 7.11 Å². The minimum atomic E-state index is -0.973. The number of rotatable bonds is 7. The molecule has 0 spiro atoms. The molecule has 1 aliphatic carbocycles. The summed E-state index contributed by atoms with van der Waals surface area (Å²) in [6, 6.07) is -0.181. The van der Waals surface area contributed by atoms with Crippen LogP contribution in [0.3, 0.4) is 0 Å². The predicted molar refractivity (Wildman–Crippen MR) is 57.3 cm³/mol. The summed E-state index contributed by atoms with van der Waals surface area (Å²) in [6.45, 7) is 0.874. The number of carboxylic acids is 1. The van der Waals surface area contributed by atoms with Crippen molar-refractivity contribution in [2.45, 2.75) is 25.3 Å². The Morgan fingerprint density at radius 1 is 1.50 bits per heavy atom. The Bertz CT molecular complexity index is 253. The lowest BCUT2D eigenvalue weighted by molar-refractivity contribution is -0.137.